The van der Waals surface area contributed by atoms with Crippen molar-refractivity contribution in [1.82, 2.24) is 0 Å². The lowest BCUT2D eigenvalue weighted by atomic mass is 10.3. The second-order valence-corrected chi connectivity index (χ2v) is 3.66. The van der Waals surface area contributed by atoms with Gasteiger partial charge in [0, 0.05) is 5.69 Å². The molecule has 0 bridgehead atoms. The largest absolute Gasteiger partial charge is 0.497 e. The van der Waals surface area contributed by atoms with Gasteiger partial charge in [-0.3, -0.25) is 10.3 Å². The van der Waals surface area contributed by atoms with E-state index in [4.69, 9.17) is 9.57 Å². The summed E-state index contributed by atoms with van der Waals surface area (Å²) in [6, 6.07) is 17.4. The summed E-state index contributed by atoms with van der Waals surface area (Å²) < 4.78 is 5.07. The Labute approximate surface area is 106 Å². The summed E-state index contributed by atoms with van der Waals surface area (Å²) in [5.41, 5.74) is 4.75. The molecule has 0 atom stereocenters. The average molecular weight is 244 g/mol. The van der Waals surface area contributed by atoms with Crippen LogP contribution in [0.5, 0.6) is 5.75 Å². The van der Waals surface area contributed by atoms with E-state index >= 15 is 0 Å². The fraction of sp³-hybridized carbons (Fsp3) is 0.143. The molecule has 0 fully saturated rings. The Morgan fingerprint density at radius 1 is 0.889 bits per heavy atom. The average Bonchev–Trinajstić information content (AvgIpc) is 2.45. The Hall–Kier alpha value is -2.20. The van der Waals surface area contributed by atoms with E-state index in [0.717, 1.165) is 17.1 Å². The molecule has 4 nitrogen and oxygen atoms in total. The number of hydrogen-bond acceptors (Lipinski definition) is 4. The first-order chi connectivity index (χ1) is 8.88. The molecule has 94 valence electrons. The van der Waals surface area contributed by atoms with Gasteiger partial charge >= 0.3 is 0 Å². The first kappa shape index (κ1) is 12.3. The number of methoxy groups -OCH3 is 1. The molecule has 18 heavy (non-hydrogen) atoms. The molecule has 0 heterocycles. The molecule has 0 radical (unpaired) electrons. The minimum atomic E-state index is 0.385. The summed E-state index contributed by atoms with van der Waals surface area (Å²) >= 11 is 0. The van der Waals surface area contributed by atoms with Gasteiger partial charge in [0.2, 0.25) is 0 Å². The molecule has 0 saturated heterocycles. The highest BCUT2D eigenvalue weighted by molar-refractivity contribution is 5.45. The molecule has 0 aliphatic rings. The van der Waals surface area contributed by atoms with E-state index in [1.165, 1.54) is 0 Å². The van der Waals surface area contributed by atoms with Gasteiger partial charge in [0.05, 0.1) is 12.8 Å². The van der Waals surface area contributed by atoms with Crippen molar-refractivity contribution in [1.29, 1.82) is 0 Å². The minimum Gasteiger partial charge on any atom is -0.497 e. The normalized spacial score (nSPS) is 9.83. The Kier molecular flexibility index (Phi) is 4.44. The summed E-state index contributed by atoms with van der Waals surface area (Å²) in [7, 11) is 1.64. The van der Waals surface area contributed by atoms with Crippen molar-refractivity contribution in [2.45, 2.75) is 0 Å². The zero-order valence-corrected chi connectivity index (χ0v) is 10.2. The Morgan fingerprint density at radius 3 is 2.28 bits per heavy atom. The summed E-state index contributed by atoms with van der Waals surface area (Å²) in [5, 5.41) is 3.13. The second kappa shape index (κ2) is 6.51. The molecule has 2 rings (SSSR count). The molecular weight excluding hydrogens is 228 g/mol. The maximum atomic E-state index is 5.30. The molecule has 0 aromatic heterocycles. The molecule has 2 aromatic rings. The van der Waals surface area contributed by atoms with Crippen LogP contribution in [0.2, 0.25) is 0 Å². The number of para-hydroxylation sites is 1. The van der Waals surface area contributed by atoms with Crippen molar-refractivity contribution in [3.8, 4) is 5.75 Å². The third kappa shape index (κ3) is 3.68. The lowest BCUT2D eigenvalue weighted by Crippen LogP contribution is -2.10. The minimum absolute atomic E-state index is 0.385. The lowest BCUT2D eigenvalue weighted by Gasteiger charge is -2.09. The molecule has 4 heteroatoms. The lowest BCUT2D eigenvalue weighted by molar-refractivity contribution is 0.216. The molecule has 0 saturated carbocycles. The van der Waals surface area contributed by atoms with E-state index < -0.39 is 0 Å². The smallest absolute Gasteiger partial charge is 0.144 e. The zero-order chi connectivity index (χ0) is 12.6. The predicted octanol–water partition coefficient (Wildman–Crippen LogP) is 3.11. The number of ether oxygens (including phenoxy) is 1. The highest BCUT2D eigenvalue weighted by atomic mass is 16.7. The van der Waals surface area contributed by atoms with Crippen LogP contribution in [0.25, 0.3) is 0 Å². The Bertz CT molecular complexity index is 457. The number of hydrogen-bond donors (Lipinski definition) is 2. The van der Waals surface area contributed by atoms with Crippen molar-refractivity contribution in [2.24, 2.45) is 0 Å². The van der Waals surface area contributed by atoms with Crippen LogP contribution in [0.15, 0.2) is 54.6 Å². The SMILES string of the molecule is COc1ccc(NOCNc2ccccc2)cc1. The maximum Gasteiger partial charge on any atom is 0.144 e. The van der Waals surface area contributed by atoms with Crippen molar-refractivity contribution < 1.29 is 9.57 Å². The summed E-state index contributed by atoms with van der Waals surface area (Å²) in [4.78, 5) is 5.30. The van der Waals surface area contributed by atoms with Gasteiger partial charge in [0.1, 0.15) is 12.5 Å². The van der Waals surface area contributed by atoms with E-state index in [2.05, 4.69) is 10.8 Å². The van der Waals surface area contributed by atoms with Crippen LogP contribution in [0.4, 0.5) is 11.4 Å². The van der Waals surface area contributed by atoms with Crippen LogP contribution in [-0.4, -0.2) is 13.8 Å². The van der Waals surface area contributed by atoms with Gasteiger partial charge in [-0.25, -0.2) is 0 Å². The molecule has 0 aliphatic carbocycles. The summed E-state index contributed by atoms with van der Waals surface area (Å²) in [6.07, 6.45) is 0. The molecule has 2 N–H and O–H groups in total. The van der Waals surface area contributed by atoms with Gasteiger partial charge in [0.25, 0.3) is 0 Å². The van der Waals surface area contributed by atoms with Crippen molar-refractivity contribution in [3.05, 3.63) is 54.6 Å². The number of rotatable bonds is 6. The van der Waals surface area contributed by atoms with Gasteiger partial charge in [-0.15, -0.1) is 0 Å². The molecule has 0 spiro atoms. The number of benzene rings is 2. The quantitative estimate of drug-likeness (QED) is 0.465. The van der Waals surface area contributed by atoms with Gasteiger partial charge in [0.15, 0.2) is 0 Å². The van der Waals surface area contributed by atoms with E-state index in [1.807, 2.05) is 54.6 Å². The monoisotopic (exact) mass is 244 g/mol. The molecular formula is C14H16N2O2. The predicted molar refractivity (Wildman–Crippen MR) is 72.6 cm³/mol. The standard InChI is InChI=1S/C14H16N2O2/c1-17-14-9-7-13(8-10-14)16-18-11-15-12-5-3-2-4-6-12/h2-10,15-16H,11H2,1H3. The topological polar surface area (TPSA) is 42.5 Å². The fourth-order valence-corrected chi connectivity index (χ4v) is 1.45. The third-order valence-corrected chi connectivity index (χ3v) is 2.40. The van der Waals surface area contributed by atoms with Gasteiger partial charge in [-0.05, 0) is 36.4 Å². The number of nitrogens with one attached hydrogen (secondary N) is 2. The van der Waals surface area contributed by atoms with Crippen LogP contribution in [0, 0.1) is 0 Å². The van der Waals surface area contributed by atoms with Crippen LogP contribution in [-0.2, 0) is 4.84 Å². The van der Waals surface area contributed by atoms with E-state index in [-0.39, 0.29) is 0 Å². The molecule has 0 amide bonds. The Balaban J connectivity index is 1.72. The third-order valence-electron chi connectivity index (χ3n) is 2.40. The van der Waals surface area contributed by atoms with E-state index in [1.54, 1.807) is 7.11 Å². The van der Waals surface area contributed by atoms with E-state index in [9.17, 15) is 0 Å². The summed E-state index contributed by atoms with van der Waals surface area (Å²) in [6.45, 7) is 0.385. The van der Waals surface area contributed by atoms with Gasteiger partial charge < -0.3 is 10.1 Å². The van der Waals surface area contributed by atoms with Gasteiger partial charge in [-0.2, -0.15) is 0 Å². The van der Waals surface area contributed by atoms with Crippen LogP contribution in [0.3, 0.4) is 0 Å². The van der Waals surface area contributed by atoms with Crippen LogP contribution in [0.1, 0.15) is 0 Å². The highest BCUT2D eigenvalue weighted by Crippen LogP contribution is 2.14. The number of anilines is 2. The maximum absolute atomic E-state index is 5.30. The van der Waals surface area contributed by atoms with Crippen LogP contribution >= 0.6 is 0 Å². The van der Waals surface area contributed by atoms with Gasteiger partial charge in [-0.1, -0.05) is 18.2 Å². The van der Waals surface area contributed by atoms with E-state index in [0.29, 0.717) is 6.73 Å². The van der Waals surface area contributed by atoms with Crippen LogP contribution < -0.4 is 15.5 Å². The summed E-state index contributed by atoms with van der Waals surface area (Å²) in [5.74, 6) is 0.822. The highest BCUT2D eigenvalue weighted by Gasteiger charge is 1.93. The fourth-order valence-electron chi connectivity index (χ4n) is 1.45. The molecule has 0 aliphatic heterocycles. The zero-order valence-electron chi connectivity index (χ0n) is 10.2. The Morgan fingerprint density at radius 2 is 1.61 bits per heavy atom. The van der Waals surface area contributed by atoms with Crippen molar-refractivity contribution >= 4 is 11.4 Å². The first-order valence-corrected chi connectivity index (χ1v) is 5.69. The van der Waals surface area contributed by atoms with Crippen molar-refractivity contribution in [3.63, 3.8) is 0 Å². The first-order valence-electron chi connectivity index (χ1n) is 5.69. The second-order valence-electron chi connectivity index (χ2n) is 3.66. The van der Waals surface area contributed by atoms with Crippen molar-refractivity contribution in [2.75, 3.05) is 24.6 Å². The molecule has 2 aromatic carbocycles. The molecule has 0 unspecified atom stereocenters.